The Morgan fingerprint density at radius 3 is 1.50 bits per heavy atom. The molecule has 6 nitrogen and oxygen atoms in total. The summed E-state index contributed by atoms with van der Waals surface area (Å²) in [5.74, 6) is -1.03. The standard InChI is InChI=1S/C24H24O6/c1-3-29-21(27)23-17-9-5-7-12(26)14(9)20-15(17)16-18(24(20,23)22(28)30-4-2)10-6-8-11(25)13(10)19(16)23/h15-20H,3-8H2,1-2H3/t15-,16-,17-,18+,19+,20-,23+,24+/m0/s1. The van der Waals surface area contributed by atoms with E-state index in [9.17, 15) is 19.2 Å². The first-order valence-electron chi connectivity index (χ1n) is 11.4. The molecule has 4 fully saturated rings. The zero-order valence-electron chi connectivity index (χ0n) is 17.2. The minimum Gasteiger partial charge on any atom is -0.466 e. The van der Waals surface area contributed by atoms with Gasteiger partial charge in [0.25, 0.3) is 0 Å². The van der Waals surface area contributed by atoms with Gasteiger partial charge in [-0.05, 0) is 49.7 Å². The molecule has 0 saturated heterocycles. The molecule has 0 aromatic rings. The Morgan fingerprint density at radius 2 is 1.13 bits per heavy atom. The van der Waals surface area contributed by atoms with Crippen LogP contribution in [0.25, 0.3) is 0 Å². The molecule has 0 radical (unpaired) electrons. The summed E-state index contributed by atoms with van der Waals surface area (Å²) in [5, 5.41) is 0. The van der Waals surface area contributed by atoms with Crippen LogP contribution >= 0.6 is 0 Å². The maximum atomic E-state index is 13.8. The number of esters is 2. The molecule has 0 N–H and O–H groups in total. The van der Waals surface area contributed by atoms with E-state index in [-0.39, 0.29) is 72.2 Å². The lowest BCUT2D eigenvalue weighted by Crippen LogP contribution is -2.61. The Kier molecular flexibility index (Phi) is 2.89. The highest BCUT2D eigenvalue weighted by Gasteiger charge is 2.99. The van der Waals surface area contributed by atoms with E-state index in [1.54, 1.807) is 13.8 Å². The summed E-state index contributed by atoms with van der Waals surface area (Å²) < 4.78 is 11.3. The smallest absolute Gasteiger partial charge is 0.314 e. The van der Waals surface area contributed by atoms with Crippen molar-refractivity contribution in [1.82, 2.24) is 0 Å². The highest BCUT2D eigenvalue weighted by molar-refractivity contribution is 6.10. The van der Waals surface area contributed by atoms with E-state index >= 15 is 0 Å². The SMILES string of the molecule is CCOC(=O)[C@]12[C@@H]3C4=C(CCC4=O)[C@@H]4[C@@H]3[C@H]3[C@@H]1C1=C(C(=O)CC1)[C@@H]3[C@@]42C(=O)OCC. The van der Waals surface area contributed by atoms with Crippen LogP contribution in [0.4, 0.5) is 0 Å². The number of rotatable bonds is 4. The summed E-state index contributed by atoms with van der Waals surface area (Å²) in [6.45, 7) is 4.02. The number of ether oxygens (including phenoxy) is 2. The summed E-state index contributed by atoms with van der Waals surface area (Å²) in [4.78, 5) is 53.5. The monoisotopic (exact) mass is 408 g/mol. The van der Waals surface area contributed by atoms with Crippen molar-refractivity contribution in [2.45, 2.75) is 39.5 Å². The van der Waals surface area contributed by atoms with Gasteiger partial charge >= 0.3 is 11.9 Å². The van der Waals surface area contributed by atoms with Crippen LogP contribution in [0.3, 0.4) is 0 Å². The Balaban J connectivity index is 1.56. The third-order valence-corrected chi connectivity index (χ3v) is 9.77. The second kappa shape index (κ2) is 4.97. The fourth-order valence-corrected chi connectivity index (χ4v) is 9.89. The molecule has 8 aliphatic rings. The normalized spacial score (nSPS) is 47.8. The van der Waals surface area contributed by atoms with Gasteiger partial charge in [-0.3, -0.25) is 19.2 Å². The van der Waals surface area contributed by atoms with E-state index in [1.165, 1.54) is 0 Å². The van der Waals surface area contributed by atoms with E-state index < -0.39 is 10.8 Å². The Hall–Kier alpha value is -2.24. The van der Waals surface area contributed by atoms with E-state index in [2.05, 4.69) is 0 Å². The number of carbonyl (C=O) groups excluding carboxylic acids is 4. The van der Waals surface area contributed by atoms with E-state index in [0.717, 1.165) is 22.3 Å². The molecule has 4 saturated carbocycles. The molecule has 30 heavy (non-hydrogen) atoms. The van der Waals surface area contributed by atoms with E-state index in [1.807, 2.05) is 0 Å². The molecule has 0 aromatic heterocycles. The van der Waals surface area contributed by atoms with E-state index in [0.29, 0.717) is 25.7 Å². The first-order chi connectivity index (χ1) is 14.5. The van der Waals surface area contributed by atoms with Gasteiger partial charge in [0.1, 0.15) is 0 Å². The van der Waals surface area contributed by atoms with Crippen molar-refractivity contribution in [2.24, 2.45) is 46.3 Å². The van der Waals surface area contributed by atoms with Crippen LogP contribution in [0, 0.1) is 46.3 Å². The van der Waals surface area contributed by atoms with Gasteiger partial charge in [0.15, 0.2) is 11.6 Å². The quantitative estimate of drug-likeness (QED) is 0.663. The van der Waals surface area contributed by atoms with Gasteiger partial charge in [0.05, 0.1) is 24.0 Å². The van der Waals surface area contributed by atoms with Crippen LogP contribution in [-0.2, 0) is 28.7 Å². The van der Waals surface area contributed by atoms with Crippen molar-refractivity contribution in [2.75, 3.05) is 13.2 Å². The van der Waals surface area contributed by atoms with Crippen molar-refractivity contribution in [3.05, 3.63) is 22.3 Å². The fourth-order valence-electron chi connectivity index (χ4n) is 9.89. The lowest BCUT2D eigenvalue weighted by molar-refractivity contribution is -0.187. The number of hydrogen-bond acceptors (Lipinski definition) is 6. The first kappa shape index (κ1) is 17.4. The van der Waals surface area contributed by atoms with Gasteiger partial charge < -0.3 is 9.47 Å². The first-order valence-corrected chi connectivity index (χ1v) is 11.4. The molecule has 0 amide bonds. The zero-order valence-corrected chi connectivity index (χ0v) is 17.2. The number of ketones is 2. The van der Waals surface area contributed by atoms with Gasteiger partial charge in [-0.25, -0.2) is 0 Å². The second-order valence-electron chi connectivity index (χ2n) is 9.97. The Labute approximate surface area is 174 Å². The molecule has 0 spiro atoms. The molecule has 8 atom stereocenters. The molecule has 156 valence electrons. The number of carbonyl (C=O) groups is 4. The average Bonchev–Trinajstić information content (AvgIpc) is 3.51. The van der Waals surface area contributed by atoms with Gasteiger partial charge in [-0.15, -0.1) is 0 Å². The average molecular weight is 408 g/mol. The highest BCUT2D eigenvalue weighted by Crippen LogP contribution is 2.95. The molecule has 0 unspecified atom stereocenters. The van der Waals surface area contributed by atoms with Crippen LogP contribution in [-0.4, -0.2) is 36.7 Å². The third-order valence-electron chi connectivity index (χ3n) is 9.77. The Bertz CT molecular complexity index is 980. The number of allylic oxidation sites excluding steroid dienone is 4. The summed E-state index contributed by atoms with van der Waals surface area (Å²) in [7, 11) is 0. The summed E-state index contributed by atoms with van der Waals surface area (Å²) >= 11 is 0. The second-order valence-corrected chi connectivity index (χ2v) is 9.97. The van der Waals surface area contributed by atoms with Crippen LogP contribution in [0.5, 0.6) is 0 Å². The van der Waals surface area contributed by atoms with Crippen molar-refractivity contribution < 1.29 is 28.7 Å². The maximum absolute atomic E-state index is 13.8. The summed E-state index contributed by atoms with van der Waals surface area (Å²) in [6, 6.07) is 0. The van der Waals surface area contributed by atoms with Crippen molar-refractivity contribution in [3.8, 4) is 0 Å². The molecule has 8 rings (SSSR count). The van der Waals surface area contributed by atoms with Crippen molar-refractivity contribution in [1.29, 1.82) is 0 Å². The minimum absolute atomic E-state index is 0.0847. The predicted molar refractivity (Wildman–Crippen MR) is 102 cm³/mol. The van der Waals surface area contributed by atoms with Gasteiger partial charge in [0, 0.05) is 36.5 Å². The van der Waals surface area contributed by atoms with Crippen LogP contribution < -0.4 is 0 Å². The van der Waals surface area contributed by atoms with Crippen LogP contribution in [0.2, 0.25) is 0 Å². The lowest BCUT2D eigenvalue weighted by Gasteiger charge is -2.52. The Morgan fingerprint density at radius 1 is 0.733 bits per heavy atom. The minimum atomic E-state index is -1.07. The summed E-state index contributed by atoms with van der Waals surface area (Å²) in [5.41, 5.74) is 1.70. The number of hydrogen-bond donors (Lipinski definition) is 0. The molecular formula is C24H24O6. The van der Waals surface area contributed by atoms with Crippen LogP contribution in [0.1, 0.15) is 39.5 Å². The largest absolute Gasteiger partial charge is 0.466 e. The van der Waals surface area contributed by atoms with Crippen LogP contribution in [0.15, 0.2) is 22.3 Å². The van der Waals surface area contributed by atoms with Gasteiger partial charge in [-0.1, -0.05) is 11.1 Å². The molecule has 8 aliphatic carbocycles. The summed E-state index contributed by atoms with van der Waals surface area (Å²) in [6.07, 6.45) is 2.29. The van der Waals surface area contributed by atoms with Crippen molar-refractivity contribution in [3.63, 3.8) is 0 Å². The van der Waals surface area contributed by atoms with Gasteiger partial charge in [-0.2, -0.15) is 0 Å². The molecule has 8 bridgehead atoms. The third kappa shape index (κ3) is 1.29. The molecule has 0 aliphatic heterocycles. The highest BCUT2D eigenvalue weighted by atomic mass is 16.5. The van der Waals surface area contributed by atoms with Gasteiger partial charge in [0.2, 0.25) is 0 Å². The lowest BCUT2D eigenvalue weighted by atomic mass is 9.48. The molecule has 0 aromatic carbocycles. The molecular weight excluding hydrogens is 384 g/mol. The van der Waals surface area contributed by atoms with Crippen molar-refractivity contribution >= 4 is 23.5 Å². The predicted octanol–water partition coefficient (Wildman–Crippen LogP) is 2.17. The van der Waals surface area contributed by atoms with E-state index in [4.69, 9.17) is 9.47 Å². The maximum Gasteiger partial charge on any atom is 0.314 e. The fraction of sp³-hybridized carbons (Fsp3) is 0.667. The molecule has 0 heterocycles. The topological polar surface area (TPSA) is 86.7 Å². The molecule has 6 heteroatoms. The number of Topliss-reactive ketones (excluding diaryl/α,β-unsaturated/α-hetero) is 2. The zero-order chi connectivity index (χ0) is 20.7.